The Labute approximate surface area is 239 Å². The Hall–Kier alpha value is -4.85. The van der Waals surface area contributed by atoms with Crippen LogP contribution in [-0.2, 0) is 19.1 Å². The smallest absolute Gasteiger partial charge is 0.343 e. The summed E-state index contributed by atoms with van der Waals surface area (Å²) in [5.41, 5.74) is 2.67. The first kappa shape index (κ1) is 29.1. The molecule has 1 heterocycles. The summed E-state index contributed by atoms with van der Waals surface area (Å²) < 4.78 is 27.6. The van der Waals surface area contributed by atoms with Crippen LogP contribution in [0.3, 0.4) is 0 Å². The Bertz CT molecular complexity index is 1370. The number of ether oxygens (including phenoxy) is 5. The maximum atomic E-state index is 12.7. The first-order valence-corrected chi connectivity index (χ1v) is 13.3. The number of hydrogen-bond acceptors (Lipinski definition) is 8. The molecule has 8 nitrogen and oxygen atoms in total. The summed E-state index contributed by atoms with van der Waals surface area (Å²) in [4.78, 5) is 35.7. The van der Waals surface area contributed by atoms with Gasteiger partial charge < -0.3 is 23.7 Å². The predicted octanol–water partition coefficient (Wildman–Crippen LogP) is 6.45. The minimum atomic E-state index is -0.749. The van der Waals surface area contributed by atoms with Crippen molar-refractivity contribution >= 4 is 17.9 Å². The summed E-state index contributed by atoms with van der Waals surface area (Å²) in [5, 5.41) is 0. The third-order valence-electron chi connectivity index (χ3n) is 6.36. The Morgan fingerprint density at radius 2 is 1.49 bits per heavy atom. The molecule has 0 spiro atoms. The fraction of sp³-hybridized carbons (Fsp3) is 0.242. The van der Waals surface area contributed by atoms with Crippen molar-refractivity contribution < 1.29 is 38.1 Å². The molecular weight excluding hydrogens is 524 g/mol. The summed E-state index contributed by atoms with van der Waals surface area (Å²) in [6.45, 7) is 10.8. The van der Waals surface area contributed by atoms with E-state index in [-0.39, 0.29) is 18.2 Å². The Kier molecular flexibility index (Phi) is 9.58. The van der Waals surface area contributed by atoms with Crippen LogP contribution < -0.4 is 14.2 Å². The largest absolute Gasteiger partial charge is 0.487 e. The summed E-state index contributed by atoms with van der Waals surface area (Å²) >= 11 is 0. The van der Waals surface area contributed by atoms with Crippen LogP contribution in [0.4, 0.5) is 0 Å². The lowest BCUT2D eigenvalue weighted by Gasteiger charge is -2.23. The molecule has 3 aromatic carbocycles. The molecule has 3 unspecified atom stereocenters. The minimum absolute atomic E-state index is 0.297. The van der Waals surface area contributed by atoms with Gasteiger partial charge in [-0.3, -0.25) is 0 Å². The average molecular weight is 557 g/mol. The third kappa shape index (κ3) is 7.85. The highest BCUT2D eigenvalue weighted by molar-refractivity contribution is 5.91. The summed E-state index contributed by atoms with van der Waals surface area (Å²) in [7, 11) is 0. The summed E-state index contributed by atoms with van der Waals surface area (Å²) in [5.74, 6) is 0.0916. The van der Waals surface area contributed by atoms with Gasteiger partial charge in [0, 0.05) is 25.0 Å². The first-order chi connectivity index (χ1) is 19.7. The molecule has 1 aliphatic heterocycles. The van der Waals surface area contributed by atoms with Gasteiger partial charge in [-0.25, -0.2) is 14.4 Å². The second kappa shape index (κ2) is 13.5. The summed E-state index contributed by atoms with van der Waals surface area (Å²) in [6, 6.07) is 21.1. The molecule has 0 radical (unpaired) electrons. The number of carbonyl (C=O) groups excluding carboxylic acids is 3. The maximum Gasteiger partial charge on any atom is 0.343 e. The van der Waals surface area contributed by atoms with Crippen molar-refractivity contribution in [3.63, 3.8) is 0 Å². The van der Waals surface area contributed by atoms with Gasteiger partial charge in [-0.2, -0.15) is 0 Å². The molecule has 1 saturated heterocycles. The number of carbonyl (C=O) groups is 3. The fourth-order valence-electron chi connectivity index (χ4n) is 4.28. The van der Waals surface area contributed by atoms with Crippen LogP contribution in [-0.4, -0.2) is 36.4 Å². The van der Waals surface area contributed by atoms with Gasteiger partial charge in [0.1, 0.15) is 29.5 Å². The maximum absolute atomic E-state index is 12.7. The molecule has 8 heteroatoms. The molecule has 3 atom stereocenters. The van der Waals surface area contributed by atoms with E-state index in [0.29, 0.717) is 34.8 Å². The zero-order chi connectivity index (χ0) is 29.4. The molecule has 1 fully saturated rings. The van der Waals surface area contributed by atoms with E-state index in [1.807, 2.05) is 31.2 Å². The van der Waals surface area contributed by atoms with Crippen LogP contribution in [0.5, 0.6) is 17.2 Å². The van der Waals surface area contributed by atoms with Crippen LogP contribution >= 0.6 is 0 Å². The standard InChI is InChI=1S/C33H32O8/c1-5-7-29(30-20-21(3)32(35)41-30)39-27-18-12-25(13-19-27)33(36)40-28-16-10-24(11-17-28)23-8-14-26(15-9-23)37-22(4)38-31(34)6-2/h6,8-19,22,29-30H,2-3,5,7,20H2,1,4H3. The van der Waals surface area contributed by atoms with Crippen LogP contribution in [0.1, 0.15) is 43.5 Å². The SMILES string of the molecule is C=CC(=O)OC(C)Oc1ccc(-c2ccc(OC(=O)c3ccc(OC(CCC)C4CC(=C)C(=O)O4)cc3)cc2)cc1. The molecule has 41 heavy (non-hydrogen) atoms. The highest BCUT2D eigenvalue weighted by Gasteiger charge is 2.34. The zero-order valence-electron chi connectivity index (χ0n) is 23.0. The molecule has 4 rings (SSSR count). The Balaban J connectivity index is 1.32. The van der Waals surface area contributed by atoms with Crippen LogP contribution in [0.2, 0.25) is 0 Å². The molecule has 0 amide bonds. The Morgan fingerprint density at radius 3 is 2.02 bits per heavy atom. The van der Waals surface area contributed by atoms with Gasteiger partial charge >= 0.3 is 17.9 Å². The van der Waals surface area contributed by atoms with E-state index < -0.39 is 18.2 Å². The number of esters is 3. The second-order valence-electron chi connectivity index (χ2n) is 9.49. The van der Waals surface area contributed by atoms with Gasteiger partial charge in [-0.15, -0.1) is 0 Å². The second-order valence-corrected chi connectivity index (χ2v) is 9.49. The molecule has 0 aromatic heterocycles. The predicted molar refractivity (Wildman–Crippen MR) is 153 cm³/mol. The molecule has 1 aliphatic rings. The van der Waals surface area contributed by atoms with Gasteiger partial charge in [0.05, 0.1) is 5.56 Å². The average Bonchev–Trinajstić information content (AvgIpc) is 3.31. The number of benzene rings is 3. The lowest BCUT2D eigenvalue weighted by molar-refractivity contribution is -0.155. The van der Waals surface area contributed by atoms with Gasteiger partial charge in [-0.05, 0) is 66.1 Å². The molecular formula is C33H32O8. The lowest BCUT2D eigenvalue weighted by atomic mass is 10.0. The van der Waals surface area contributed by atoms with Crippen molar-refractivity contribution in [2.75, 3.05) is 0 Å². The third-order valence-corrected chi connectivity index (χ3v) is 6.36. The van der Waals surface area contributed by atoms with Gasteiger partial charge in [0.15, 0.2) is 0 Å². The zero-order valence-corrected chi connectivity index (χ0v) is 23.0. The van der Waals surface area contributed by atoms with Gasteiger partial charge in [0.2, 0.25) is 6.29 Å². The van der Waals surface area contributed by atoms with Crippen molar-refractivity contribution in [2.24, 2.45) is 0 Å². The molecule has 0 N–H and O–H groups in total. The quantitative estimate of drug-likeness (QED) is 0.109. The van der Waals surface area contributed by atoms with E-state index in [2.05, 4.69) is 13.2 Å². The normalized spacial score (nSPS) is 15.8. The fourth-order valence-corrected chi connectivity index (χ4v) is 4.28. The van der Waals surface area contributed by atoms with E-state index in [9.17, 15) is 14.4 Å². The molecule has 212 valence electrons. The van der Waals surface area contributed by atoms with E-state index in [1.54, 1.807) is 55.5 Å². The van der Waals surface area contributed by atoms with Crippen LogP contribution in [0.25, 0.3) is 11.1 Å². The highest BCUT2D eigenvalue weighted by atomic mass is 16.7. The van der Waals surface area contributed by atoms with E-state index >= 15 is 0 Å². The number of hydrogen-bond donors (Lipinski definition) is 0. The monoisotopic (exact) mass is 556 g/mol. The highest BCUT2D eigenvalue weighted by Crippen LogP contribution is 2.28. The van der Waals surface area contributed by atoms with Crippen LogP contribution in [0.15, 0.2) is 97.6 Å². The number of cyclic esters (lactones) is 1. The first-order valence-electron chi connectivity index (χ1n) is 13.3. The van der Waals surface area contributed by atoms with Gasteiger partial charge in [-0.1, -0.05) is 50.8 Å². The molecule has 3 aromatic rings. The number of rotatable bonds is 12. The lowest BCUT2D eigenvalue weighted by Crippen LogP contribution is -2.31. The molecule has 0 bridgehead atoms. The van der Waals surface area contributed by atoms with Crippen molar-refractivity contribution in [2.45, 2.75) is 51.6 Å². The molecule has 0 saturated carbocycles. The van der Waals surface area contributed by atoms with E-state index in [4.69, 9.17) is 23.7 Å². The van der Waals surface area contributed by atoms with Crippen molar-refractivity contribution in [3.8, 4) is 28.4 Å². The van der Waals surface area contributed by atoms with Crippen molar-refractivity contribution in [1.82, 2.24) is 0 Å². The van der Waals surface area contributed by atoms with Gasteiger partial charge in [0.25, 0.3) is 0 Å². The molecule has 0 aliphatic carbocycles. The van der Waals surface area contributed by atoms with E-state index in [0.717, 1.165) is 30.0 Å². The topological polar surface area (TPSA) is 97.4 Å². The minimum Gasteiger partial charge on any atom is -0.487 e. The van der Waals surface area contributed by atoms with Crippen molar-refractivity contribution in [1.29, 1.82) is 0 Å². The van der Waals surface area contributed by atoms with Crippen molar-refractivity contribution in [3.05, 3.63) is 103 Å². The van der Waals surface area contributed by atoms with Crippen LogP contribution in [0, 0.1) is 0 Å². The van der Waals surface area contributed by atoms with E-state index in [1.165, 1.54) is 0 Å². The summed E-state index contributed by atoms with van der Waals surface area (Å²) in [6.07, 6.45) is 1.69. The Morgan fingerprint density at radius 1 is 0.927 bits per heavy atom.